The summed E-state index contributed by atoms with van der Waals surface area (Å²) in [5, 5.41) is 0.205. The quantitative estimate of drug-likeness (QED) is 0.696. The van der Waals surface area contributed by atoms with E-state index in [4.69, 9.17) is 11.6 Å². The number of ketones is 1. The molecule has 0 heterocycles. The van der Waals surface area contributed by atoms with Gasteiger partial charge in [-0.15, -0.1) is 0 Å². The molecule has 0 saturated heterocycles. The largest absolute Gasteiger partial charge is 0.294 e. The molecule has 0 bridgehead atoms. The Morgan fingerprint density at radius 2 is 2.00 bits per heavy atom. The minimum Gasteiger partial charge on any atom is -0.294 e. The highest BCUT2D eigenvalue weighted by Crippen LogP contribution is 2.22. The van der Waals surface area contributed by atoms with Crippen LogP contribution < -0.4 is 0 Å². The Morgan fingerprint density at radius 1 is 1.38 bits per heavy atom. The monoisotopic (exact) mass is 242 g/mol. The number of rotatable bonds is 5. The molecular formula is C13H16ClFO. The number of hydrogen-bond acceptors (Lipinski definition) is 1. The summed E-state index contributed by atoms with van der Waals surface area (Å²) in [6.07, 6.45) is 2.43. The number of Topliss-reactive ketones (excluding diaryl/α,β-unsaturated/α-hetero) is 1. The molecular weight excluding hydrogens is 227 g/mol. The molecule has 0 unspecified atom stereocenters. The smallest absolute Gasteiger partial charge is 0.164 e. The fourth-order valence-corrected chi connectivity index (χ4v) is 1.94. The van der Waals surface area contributed by atoms with Crippen molar-refractivity contribution in [1.29, 1.82) is 0 Å². The summed E-state index contributed by atoms with van der Waals surface area (Å²) in [5.74, 6) is -0.0311. The van der Waals surface area contributed by atoms with Gasteiger partial charge in [-0.1, -0.05) is 38.3 Å². The third-order valence-electron chi connectivity index (χ3n) is 2.86. The molecule has 1 aromatic rings. The van der Waals surface area contributed by atoms with Crippen LogP contribution in [0.4, 0.5) is 4.39 Å². The Hall–Kier alpha value is -0.890. The molecule has 0 aromatic heterocycles. The SMILES string of the molecule is CCC(CC)CC(=O)c1ccc(F)cc1Cl. The Morgan fingerprint density at radius 3 is 2.50 bits per heavy atom. The fourth-order valence-electron chi connectivity index (χ4n) is 1.67. The van der Waals surface area contributed by atoms with Gasteiger partial charge in [0.1, 0.15) is 5.82 Å². The average molecular weight is 243 g/mol. The van der Waals surface area contributed by atoms with Crippen LogP contribution in [0.1, 0.15) is 43.5 Å². The Balaban J connectivity index is 2.80. The van der Waals surface area contributed by atoms with Gasteiger partial charge in [-0.3, -0.25) is 4.79 Å². The molecule has 0 aliphatic heterocycles. The van der Waals surface area contributed by atoms with Crippen LogP contribution >= 0.6 is 11.6 Å². The van der Waals surface area contributed by atoms with Crippen LogP contribution in [0.2, 0.25) is 5.02 Å². The van der Waals surface area contributed by atoms with Gasteiger partial charge in [-0.05, 0) is 24.1 Å². The fraction of sp³-hybridized carbons (Fsp3) is 0.462. The second-order valence-corrected chi connectivity index (χ2v) is 4.34. The zero-order valence-corrected chi connectivity index (χ0v) is 10.4. The van der Waals surface area contributed by atoms with Gasteiger partial charge in [-0.25, -0.2) is 4.39 Å². The van der Waals surface area contributed by atoms with E-state index < -0.39 is 5.82 Å². The van der Waals surface area contributed by atoms with E-state index in [0.717, 1.165) is 12.8 Å². The number of hydrogen-bond donors (Lipinski definition) is 0. The number of carbonyl (C=O) groups is 1. The lowest BCUT2D eigenvalue weighted by Gasteiger charge is -2.11. The van der Waals surface area contributed by atoms with E-state index in [9.17, 15) is 9.18 Å². The highest BCUT2D eigenvalue weighted by atomic mass is 35.5. The number of benzene rings is 1. The van der Waals surface area contributed by atoms with E-state index in [1.165, 1.54) is 18.2 Å². The normalized spacial score (nSPS) is 10.8. The molecule has 0 aliphatic carbocycles. The summed E-state index contributed by atoms with van der Waals surface area (Å²) in [6, 6.07) is 3.91. The van der Waals surface area contributed by atoms with Gasteiger partial charge in [0.05, 0.1) is 5.02 Å². The van der Waals surface area contributed by atoms with E-state index in [1.807, 2.05) is 0 Å². The molecule has 0 amide bonds. The van der Waals surface area contributed by atoms with Crippen LogP contribution in [0, 0.1) is 11.7 Å². The maximum atomic E-state index is 12.8. The molecule has 88 valence electrons. The summed E-state index contributed by atoms with van der Waals surface area (Å²) >= 11 is 5.83. The molecule has 0 radical (unpaired) electrons. The first-order valence-electron chi connectivity index (χ1n) is 5.56. The van der Waals surface area contributed by atoms with E-state index in [0.29, 0.717) is 17.9 Å². The topological polar surface area (TPSA) is 17.1 Å². The second kappa shape index (κ2) is 6.00. The van der Waals surface area contributed by atoms with Crippen molar-refractivity contribution >= 4 is 17.4 Å². The van der Waals surface area contributed by atoms with Crippen LogP contribution in [0.25, 0.3) is 0 Å². The zero-order valence-electron chi connectivity index (χ0n) is 9.59. The maximum Gasteiger partial charge on any atom is 0.164 e. The minimum absolute atomic E-state index is 0.00120. The summed E-state index contributed by atoms with van der Waals surface area (Å²) in [6.45, 7) is 4.13. The highest BCUT2D eigenvalue weighted by Gasteiger charge is 2.15. The van der Waals surface area contributed by atoms with Crippen molar-refractivity contribution < 1.29 is 9.18 Å². The maximum absolute atomic E-state index is 12.8. The number of halogens is 2. The van der Waals surface area contributed by atoms with Gasteiger partial charge in [-0.2, -0.15) is 0 Å². The van der Waals surface area contributed by atoms with Gasteiger partial charge in [0.2, 0.25) is 0 Å². The predicted octanol–water partition coefficient (Wildman–Crippen LogP) is 4.49. The molecule has 0 N–H and O–H groups in total. The van der Waals surface area contributed by atoms with Crippen LogP contribution in [-0.2, 0) is 0 Å². The molecule has 0 atom stereocenters. The summed E-state index contributed by atoms with van der Waals surface area (Å²) in [5.41, 5.74) is 0.426. The molecule has 0 spiro atoms. The molecule has 16 heavy (non-hydrogen) atoms. The molecule has 0 aliphatic rings. The Bertz CT molecular complexity index is 372. The number of carbonyl (C=O) groups excluding carboxylic acids is 1. The van der Waals surface area contributed by atoms with Crippen molar-refractivity contribution in [2.45, 2.75) is 33.1 Å². The van der Waals surface area contributed by atoms with Crippen molar-refractivity contribution in [3.05, 3.63) is 34.6 Å². The second-order valence-electron chi connectivity index (χ2n) is 3.93. The van der Waals surface area contributed by atoms with Crippen LogP contribution in [0.15, 0.2) is 18.2 Å². The van der Waals surface area contributed by atoms with E-state index in [2.05, 4.69) is 13.8 Å². The summed E-state index contributed by atoms with van der Waals surface area (Å²) < 4.78 is 12.8. The summed E-state index contributed by atoms with van der Waals surface area (Å²) in [7, 11) is 0. The van der Waals surface area contributed by atoms with Gasteiger partial charge < -0.3 is 0 Å². The van der Waals surface area contributed by atoms with Crippen LogP contribution in [0.5, 0.6) is 0 Å². The first kappa shape index (κ1) is 13.2. The molecule has 0 saturated carbocycles. The highest BCUT2D eigenvalue weighted by molar-refractivity contribution is 6.33. The van der Waals surface area contributed by atoms with E-state index in [1.54, 1.807) is 0 Å². The van der Waals surface area contributed by atoms with Gasteiger partial charge in [0.25, 0.3) is 0 Å². The van der Waals surface area contributed by atoms with E-state index in [-0.39, 0.29) is 10.8 Å². The molecule has 0 fully saturated rings. The first-order valence-corrected chi connectivity index (χ1v) is 5.94. The lowest BCUT2D eigenvalue weighted by atomic mass is 9.94. The van der Waals surface area contributed by atoms with Crippen molar-refractivity contribution in [2.24, 2.45) is 5.92 Å². The van der Waals surface area contributed by atoms with Crippen LogP contribution in [0.3, 0.4) is 0 Å². The third-order valence-corrected chi connectivity index (χ3v) is 3.17. The van der Waals surface area contributed by atoms with E-state index >= 15 is 0 Å². The van der Waals surface area contributed by atoms with Crippen molar-refractivity contribution in [3.63, 3.8) is 0 Å². The van der Waals surface area contributed by atoms with Gasteiger partial charge in [0, 0.05) is 12.0 Å². The minimum atomic E-state index is -0.413. The van der Waals surface area contributed by atoms with Crippen molar-refractivity contribution in [3.8, 4) is 0 Å². The van der Waals surface area contributed by atoms with Gasteiger partial charge in [0.15, 0.2) is 5.78 Å². The average Bonchev–Trinajstić information content (AvgIpc) is 2.25. The molecule has 1 aromatic carbocycles. The molecule has 3 heteroatoms. The van der Waals surface area contributed by atoms with Gasteiger partial charge >= 0.3 is 0 Å². The van der Waals surface area contributed by atoms with Crippen LogP contribution in [-0.4, -0.2) is 5.78 Å². The molecule has 1 nitrogen and oxygen atoms in total. The van der Waals surface area contributed by atoms with Crippen molar-refractivity contribution in [2.75, 3.05) is 0 Å². The Kier molecular flexibility index (Phi) is 4.94. The predicted molar refractivity (Wildman–Crippen MR) is 64.4 cm³/mol. The Labute approximate surface area is 101 Å². The molecule has 1 rings (SSSR count). The lowest BCUT2D eigenvalue weighted by molar-refractivity contribution is 0.0959. The third kappa shape index (κ3) is 3.31. The lowest BCUT2D eigenvalue weighted by Crippen LogP contribution is -2.08. The zero-order chi connectivity index (χ0) is 12.1. The van der Waals surface area contributed by atoms with Crippen molar-refractivity contribution in [1.82, 2.24) is 0 Å². The first-order chi connectivity index (χ1) is 7.58. The standard InChI is InChI=1S/C13H16ClFO/c1-3-9(4-2)7-13(16)11-6-5-10(15)8-12(11)14/h5-6,8-9H,3-4,7H2,1-2H3. The summed E-state index contributed by atoms with van der Waals surface area (Å²) in [4.78, 5) is 11.9.